The third-order valence-corrected chi connectivity index (χ3v) is 6.41. The second-order valence-corrected chi connectivity index (χ2v) is 10.6. The van der Waals surface area contributed by atoms with Crippen molar-refractivity contribution in [3.05, 3.63) is 69.6 Å². The van der Waals surface area contributed by atoms with Crippen LogP contribution in [0.5, 0.6) is 0 Å². The molecular weight excluding hydrogens is 491 g/mol. The summed E-state index contributed by atoms with van der Waals surface area (Å²) in [5.74, 6) is -1.03. The Bertz CT molecular complexity index is 1200. The number of halogens is 1. The minimum atomic E-state index is -1.42. The number of nitrogens with zero attached hydrogens (tertiary/aromatic N) is 2. The van der Waals surface area contributed by atoms with Crippen LogP contribution in [0.4, 0.5) is 9.18 Å². The van der Waals surface area contributed by atoms with Crippen LogP contribution in [0, 0.1) is 0 Å². The molecule has 3 rings (SSSR count). The second kappa shape index (κ2) is 12.2. The van der Waals surface area contributed by atoms with E-state index in [2.05, 4.69) is 10.6 Å². The molecule has 2 heterocycles. The van der Waals surface area contributed by atoms with Gasteiger partial charge in [0, 0.05) is 32.9 Å². The first kappa shape index (κ1) is 28.9. The van der Waals surface area contributed by atoms with Gasteiger partial charge in [-0.15, -0.1) is 0 Å². The van der Waals surface area contributed by atoms with E-state index in [0.717, 1.165) is 5.56 Å². The number of rotatable bonds is 8. The number of carbonyl (C=O) groups excluding carboxylic acids is 3. The molecule has 1 aromatic heterocycles. The summed E-state index contributed by atoms with van der Waals surface area (Å²) in [5, 5.41) is 5.20. The number of hydrogen-bond acceptors (Lipinski definition) is 5. The highest BCUT2D eigenvalue weighted by atomic mass is 19.1. The maximum atomic E-state index is 15.3. The third-order valence-electron chi connectivity index (χ3n) is 6.41. The van der Waals surface area contributed by atoms with Crippen LogP contribution in [0.1, 0.15) is 72.7 Å². The minimum Gasteiger partial charge on any atom is -0.444 e. The largest absolute Gasteiger partial charge is 0.444 e. The fourth-order valence-corrected chi connectivity index (χ4v) is 4.33. The van der Waals surface area contributed by atoms with Gasteiger partial charge in [-0.3, -0.25) is 14.4 Å². The SMILES string of the molecule is CNC(=O)c1cc(C(=O)NCCCC2(F)CCN(C(=O)OC(C)(C)C)CC2)cn(Cc2ccccc2)c1=O. The molecule has 1 aromatic carbocycles. The molecule has 0 atom stereocenters. The standard InChI is InChI=1S/C28H37FN4O5/c1-27(2,3)38-26(37)32-15-12-28(29,13-16-32)11-8-14-31-23(34)21-17-22(24(35)30-4)25(36)33(19-21)18-20-9-6-5-7-10-20/h5-7,9-10,17,19H,8,11-16,18H2,1-4H3,(H,30,35)(H,31,34). The number of benzene rings is 1. The fourth-order valence-electron chi connectivity index (χ4n) is 4.33. The van der Waals surface area contributed by atoms with Gasteiger partial charge in [0.1, 0.15) is 16.8 Å². The average Bonchev–Trinajstić information content (AvgIpc) is 2.87. The Morgan fingerprint density at radius 1 is 1.08 bits per heavy atom. The molecule has 2 N–H and O–H groups in total. The van der Waals surface area contributed by atoms with Crippen LogP contribution in [0.3, 0.4) is 0 Å². The average molecular weight is 529 g/mol. The van der Waals surface area contributed by atoms with Gasteiger partial charge >= 0.3 is 6.09 Å². The van der Waals surface area contributed by atoms with Crippen molar-refractivity contribution >= 4 is 17.9 Å². The molecule has 1 fully saturated rings. The van der Waals surface area contributed by atoms with Crippen molar-refractivity contribution in [1.29, 1.82) is 0 Å². The van der Waals surface area contributed by atoms with Crippen molar-refractivity contribution in [2.24, 2.45) is 0 Å². The van der Waals surface area contributed by atoms with Crippen molar-refractivity contribution < 1.29 is 23.5 Å². The first-order valence-corrected chi connectivity index (χ1v) is 12.9. The molecule has 0 spiro atoms. The van der Waals surface area contributed by atoms with Crippen molar-refractivity contribution in [1.82, 2.24) is 20.1 Å². The summed E-state index contributed by atoms with van der Waals surface area (Å²) in [6.07, 6.45) is 2.06. The summed E-state index contributed by atoms with van der Waals surface area (Å²) in [6.45, 7) is 6.37. The highest BCUT2D eigenvalue weighted by molar-refractivity contribution is 5.99. The van der Waals surface area contributed by atoms with Crippen LogP contribution in [-0.2, 0) is 11.3 Å². The van der Waals surface area contributed by atoms with Crippen LogP contribution in [0.15, 0.2) is 47.4 Å². The number of pyridine rings is 1. The Morgan fingerprint density at radius 2 is 1.74 bits per heavy atom. The monoisotopic (exact) mass is 528 g/mol. The van der Waals surface area contributed by atoms with E-state index < -0.39 is 34.7 Å². The molecule has 38 heavy (non-hydrogen) atoms. The Labute approximate surface area is 222 Å². The number of likely N-dealkylation sites (tertiary alicyclic amines) is 1. The minimum absolute atomic E-state index is 0.129. The zero-order valence-electron chi connectivity index (χ0n) is 22.5. The van der Waals surface area contributed by atoms with Crippen LogP contribution in [0.2, 0.25) is 0 Å². The molecule has 1 aliphatic heterocycles. The molecule has 0 aliphatic carbocycles. The Kier molecular flexibility index (Phi) is 9.30. The predicted octanol–water partition coefficient (Wildman–Crippen LogP) is 3.51. The quantitative estimate of drug-likeness (QED) is 0.510. The number of aromatic nitrogens is 1. The van der Waals surface area contributed by atoms with Gasteiger partial charge in [-0.1, -0.05) is 30.3 Å². The Balaban J connectivity index is 1.57. The van der Waals surface area contributed by atoms with Gasteiger partial charge in [0.25, 0.3) is 17.4 Å². The number of alkyl halides is 1. The van der Waals surface area contributed by atoms with Gasteiger partial charge in [-0.05, 0) is 58.1 Å². The summed E-state index contributed by atoms with van der Waals surface area (Å²) in [6, 6.07) is 10.5. The van der Waals surface area contributed by atoms with Crippen LogP contribution in [0.25, 0.3) is 0 Å². The molecule has 206 valence electrons. The molecule has 0 saturated carbocycles. The maximum Gasteiger partial charge on any atom is 0.410 e. The normalized spacial score (nSPS) is 15.0. The van der Waals surface area contributed by atoms with Crippen LogP contribution >= 0.6 is 0 Å². The van der Waals surface area contributed by atoms with E-state index in [0.29, 0.717) is 6.42 Å². The van der Waals surface area contributed by atoms with E-state index >= 15 is 4.39 Å². The predicted molar refractivity (Wildman–Crippen MR) is 142 cm³/mol. The second-order valence-electron chi connectivity index (χ2n) is 10.6. The number of piperidine rings is 1. The van der Waals surface area contributed by atoms with Gasteiger partial charge in [0.2, 0.25) is 0 Å². The molecule has 1 aliphatic rings. The molecule has 0 radical (unpaired) electrons. The van der Waals surface area contributed by atoms with Crippen molar-refractivity contribution in [2.45, 2.75) is 64.3 Å². The van der Waals surface area contributed by atoms with Gasteiger partial charge in [-0.25, -0.2) is 9.18 Å². The summed E-state index contributed by atoms with van der Waals surface area (Å²) in [7, 11) is 1.42. The molecule has 9 nitrogen and oxygen atoms in total. The van der Waals surface area contributed by atoms with Crippen LogP contribution < -0.4 is 16.2 Å². The smallest absolute Gasteiger partial charge is 0.410 e. The van der Waals surface area contributed by atoms with Crippen molar-refractivity contribution in [2.75, 3.05) is 26.7 Å². The number of carbonyl (C=O) groups is 3. The fraction of sp³-hybridized carbons (Fsp3) is 0.500. The lowest BCUT2D eigenvalue weighted by Gasteiger charge is -2.37. The molecule has 0 unspecified atom stereocenters. The molecule has 1 saturated heterocycles. The topological polar surface area (TPSA) is 110 Å². The molecule has 10 heteroatoms. The summed E-state index contributed by atoms with van der Waals surface area (Å²) in [4.78, 5) is 51.8. The van der Waals surface area contributed by atoms with E-state index in [9.17, 15) is 19.2 Å². The van der Waals surface area contributed by atoms with E-state index in [1.165, 1.54) is 28.8 Å². The van der Waals surface area contributed by atoms with E-state index in [1.54, 1.807) is 20.8 Å². The first-order valence-electron chi connectivity index (χ1n) is 12.9. The number of amides is 3. The van der Waals surface area contributed by atoms with E-state index in [4.69, 9.17) is 4.74 Å². The van der Waals surface area contributed by atoms with Crippen LogP contribution in [-0.4, -0.2) is 65.3 Å². The zero-order valence-corrected chi connectivity index (χ0v) is 22.5. The Hall–Kier alpha value is -3.69. The summed E-state index contributed by atoms with van der Waals surface area (Å²) >= 11 is 0. The number of hydrogen-bond donors (Lipinski definition) is 2. The lowest BCUT2D eigenvalue weighted by Crippen LogP contribution is -2.46. The highest BCUT2D eigenvalue weighted by Crippen LogP contribution is 2.31. The third kappa shape index (κ3) is 7.90. The maximum absolute atomic E-state index is 15.3. The Morgan fingerprint density at radius 3 is 2.34 bits per heavy atom. The lowest BCUT2D eigenvalue weighted by atomic mass is 9.89. The molecule has 2 aromatic rings. The summed E-state index contributed by atoms with van der Waals surface area (Å²) < 4.78 is 22.0. The highest BCUT2D eigenvalue weighted by Gasteiger charge is 2.36. The van der Waals surface area contributed by atoms with Crippen molar-refractivity contribution in [3.63, 3.8) is 0 Å². The van der Waals surface area contributed by atoms with Crippen molar-refractivity contribution in [3.8, 4) is 0 Å². The lowest BCUT2D eigenvalue weighted by molar-refractivity contribution is 0.00104. The van der Waals surface area contributed by atoms with Gasteiger partial charge in [0.05, 0.1) is 12.1 Å². The zero-order chi connectivity index (χ0) is 27.9. The first-order chi connectivity index (χ1) is 17.9. The number of ether oxygens (including phenoxy) is 1. The van der Waals surface area contributed by atoms with Gasteiger partial charge in [-0.2, -0.15) is 0 Å². The molecule has 3 amide bonds. The van der Waals surface area contributed by atoms with Gasteiger partial charge < -0.3 is 24.8 Å². The summed E-state index contributed by atoms with van der Waals surface area (Å²) in [5.41, 5.74) is -1.63. The molecule has 0 bridgehead atoms. The number of nitrogens with one attached hydrogen (secondary N) is 2. The molecular formula is C28H37FN4O5. The van der Waals surface area contributed by atoms with E-state index in [1.807, 2.05) is 30.3 Å². The van der Waals surface area contributed by atoms with E-state index in [-0.39, 0.29) is 56.6 Å². The van der Waals surface area contributed by atoms with Gasteiger partial charge in [0.15, 0.2) is 0 Å².